The molecular weight excluding hydrogens is 128 g/mol. The Morgan fingerprint density at radius 1 is 1.50 bits per heavy atom. The first-order valence-electron chi connectivity index (χ1n) is 3.84. The molecule has 1 rings (SSSR count). The fourth-order valence-corrected chi connectivity index (χ4v) is 1.18. The van der Waals surface area contributed by atoms with Gasteiger partial charge in [-0.25, -0.2) is 0 Å². The van der Waals surface area contributed by atoms with Crippen LogP contribution in [0, 0.1) is 0 Å². The molecule has 2 atom stereocenters. The quantitative estimate of drug-likeness (QED) is 0.554. The molecule has 0 spiro atoms. The minimum Gasteiger partial charge on any atom is -0.392 e. The van der Waals surface area contributed by atoms with Gasteiger partial charge in [0.25, 0.3) is 0 Å². The zero-order valence-electron chi connectivity index (χ0n) is 6.67. The van der Waals surface area contributed by atoms with Gasteiger partial charge in [0.2, 0.25) is 0 Å². The molecule has 1 saturated heterocycles. The normalized spacial score (nSPS) is 26.7. The van der Waals surface area contributed by atoms with Crippen molar-refractivity contribution in [2.24, 2.45) is 0 Å². The third-order valence-corrected chi connectivity index (χ3v) is 2.16. The lowest BCUT2D eigenvalue weighted by molar-refractivity contribution is 0.0850. The summed E-state index contributed by atoms with van der Waals surface area (Å²) < 4.78 is 0. The number of aliphatic hydroxyl groups excluding tert-OH is 1. The Kier molecular flexibility index (Phi) is 2.65. The average molecular weight is 144 g/mol. The molecule has 10 heavy (non-hydrogen) atoms. The van der Waals surface area contributed by atoms with E-state index in [2.05, 4.69) is 17.1 Å². The SMILES string of the molecule is CC(O)C(C)N1CCNC1. The highest BCUT2D eigenvalue weighted by molar-refractivity contribution is 4.75. The Balaban J connectivity index is 2.32. The smallest absolute Gasteiger partial charge is 0.0665 e. The van der Waals surface area contributed by atoms with Crippen LogP contribution in [0.3, 0.4) is 0 Å². The van der Waals surface area contributed by atoms with Gasteiger partial charge in [0.15, 0.2) is 0 Å². The maximum absolute atomic E-state index is 9.21. The van der Waals surface area contributed by atoms with Crippen molar-refractivity contribution in [1.29, 1.82) is 0 Å². The number of hydrogen-bond donors (Lipinski definition) is 2. The zero-order valence-corrected chi connectivity index (χ0v) is 6.67. The molecule has 0 aromatic rings. The van der Waals surface area contributed by atoms with Crippen LogP contribution < -0.4 is 5.32 Å². The Bertz CT molecular complexity index is 99.8. The van der Waals surface area contributed by atoms with Gasteiger partial charge in [-0.05, 0) is 13.8 Å². The van der Waals surface area contributed by atoms with Crippen molar-refractivity contribution >= 4 is 0 Å². The summed E-state index contributed by atoms with van der Waals surface area (Å²) >= 11 is 0. The van der Waals surface area contributed by atoms with Gasteiger partial charge in [0.05, 0.1) is 6.10 Å². The number of hydrogen-bond acceptors (Lipinski definition) is 3. The summed E-state index contributed by atoms with van der Waals surface area (Å²) in [5.74, 6) is 0. The van der Waals surface area contributed by atoms with Crippen LogP contribution in [0.2, 0.25) is 0 Å². The van der Waals surface area contributed by atoms with E-state index in [4.69, 9.17) is 0 Å². The monoisotopic (exact) mass is 144 g/mol. The first kappa shape index (κ1) is 7.98. The van der Waals surface area contributed by atoms with Crippen molar-refractivity contribution in [2.45, 2.75) is 26.0 Å². The van der Waals surface area contributed by atoms with Gasteiger partial charge in [0.1, 0.15) is 0 Å². The van der Waals surface area contributed by atoms with Gasteiger partial charge in [-0.15, -0.1) is 0 Å². The van der Waals surface area contributed by atoms with E-state index in [0.717, 1.165) is 19.8 Å². The summed E-state index contributed by atoms with van der Waals surface area (Å²) in [7, 11) is 0. The molecule has 0 aromatic heterocycles. The lowest BCUT2D eigenvalue weighted by Gasteiger charge is -2.24. The fraction of sp³-hybridized carbons (Fsp3) is 1.00. The van der Waals surface area contributed by atoms with Crippen LogP contribution in [0.1, 0.15) is 13.8 Å². The lowest BCUT2D eigenvalue weighted by Crippen LogP contribution is -2.39. The van der Waals surface area contributed by atoms with Crippen LogP contribution >= 0.6 is 0 Å². The summed E-state index contributed by atoms with van der Waals surface area (Å²) in [6.45, 7) is 6.93. The highest BCUT2D eigenvalue weighted by Gasteiger charge is 2.20. The molecule has 1 aliphatic rings. The van der Waals surface area contributed by atoms with Crippen LogP contribution in [0.15, 0.2) is 0 Å². The molecule has 3 heteroatoms. The predicted octanol–water partition coefficient (Wildman–Crippen LogP) is -0.382. The Morgan fingerprint density at radius 3 is 2.60 bits per heavy atom. The standard InChI is InChI=1S/C7H16N2O/c1-6(7(2)10)9-4-3-8-5-9/h6-8,10H,3-5H2,1-2H3. The van der Waals surface area contributed by atoms with Gasteiger partial charge in [-0.3, -0.25) is 4.90 Å². The van der Waals surface area contributed by atoms with E-state index in [9.17, 15) is 5.11 Å². The third kappa shape index (κ3) is 1.68. The number of rotatable bonds is 2. The molecule has 2 unspecified atom stereocenters. The van der Waals surface area contributed by atoms with Crippen LogP contribution in [-0.4, -0.2) is 41.9 Å². The van der Waals surface area contributed by atoms with E-state index in [-0.39, 0.29) is 12.1 Å². The number of aliphatic hydroxyl groups is 1. The minimum atomic E-state index is -0.222. The van der Waals surface area contributed by atoms with Crippen LogP contribution in [-0.2, 0) is 0 Å². The van der Waals surface area contributed by atoms with Crippen molar-refractivity contribution in [3.63, 3.8) is 0 Å². The van der Waals surface area contributed by atoms with Crippen LogP contribution in [0.25, 0.3) is 0 Å². The van der Waals surface area contributed by atoms with E-state index >= 15 is 0 Å². The van der Waals surface area contributed by atoms with Gasteiger partial charge in [0, 0.05) is 25.8 Å². The molecule has 1 aliphatic heterocycles. The van der Waals surface area contributed by atoms with E-state index < -0.39 is 0 Å². The maximum atomic E-state index is 9.21. The summed E-state index contributed by atoms with van der Waals surface area (Å²) in [6.07, 6.45) is -0.222. The molecule has 0 aliphatic carbocycles. The molecular formula is C7H16N2O. The molecule has 1 heterocycles. The highest BCUT2D eigenvalue weighted by Crippen LogP contribution is 2.04. The number of nitrogens with one attached hydrogen (secondary N) is 1. The molecule has 0 saturated carbocycles. The van der Waals surface area contributed by atoms with Crippen molar-refractivity contribution in [2.75, 3.05) is 19.8 Å². The van der Waals surface area contributed by atoms with E-state index in [1.807, 2.05) is 6.92 Å². The van der Waals surface area contributed by atoms with Gasteiger partial charge >= 0.3 is 0 Å². The van der Waals surface area contributed by atoms with Crippen LogP contribution in [0.4, 0.5) is 0 Å². The third-order valence-electron chi connectivity index (χ3n) is 2.16. The predicted molar refractivity (Wildman–Crippen MR) is 40.7 cm³/mol. The molecule has 2 N–H and O–H groups in total. The Hall–Kier alpha value is -0.120. The molecule has 60 valence electrons. The Labute approximate surface area is 62.0 Å². The van der Waals surface area contributed by atoms with Gasteiger partial charge in [-0.2, -0.15) is 0 Å². The molecule has 3 nitrogen and oxygen atoms in total. The molecule has 0 radical (unpaired) electrons. The van der Waals surface area contributed by atoms with E-state index in [1.54, 1.807) is 0 Å². The Morgan fingerprint density at radius 2 is 2.20 bits per heavy atom. The van der Waals surface area contributed by atoms with Gasteiger partial charge in [-0.1, -0.05) is 0 Å². The topological polar surface area (TPSA) is 35.5 Å². The zero-order chi connectivity index (χ0) is 7.56. The summed E-state index contributed by atoms with van der Waals surface area (Å²) in [5.41, 5.74) is 0. The summed E-state index contributed by atoms with van der Waals surface area (Å²) in [4.78, 5) is 2.24. The first-order chi connectivity index (χ1) is 4.72. The lowest BCUT2D eigenvalue weighted by atomic mass is 10.2. The van der Waals surface area contributed by atoms with E-state index in [1.165, 1.54) is 0 Å². The van der Waals surface area contributed by atoms with Crippen molar-refractivity contribution in [3.05, 3.63) is 0 Å². The van der Waals surface area contributed by atoms with Gasteiger partial charge < -0.3 is 10.4 Å². The second-order valence-corrected chi connectivity index (χ2v) is 2.95. The largest absolute Gasteiger partial charge is 0.392 e. The maximum Gasteiger partial charge on any atom is 0.0665 e. The minimum absolute atomic E-state index is 0.222. The number of nitrogens with zero attached hydrogens (tertiary/aromatic N) is 1. The van der Waals surface area contributed by atoms with Crippen molar-refractivity contribution in [3.8, 4) is 0 Å². The average Bonchev–Trinajstić information content (AvgIpc) is 2.36. The summed E-state index contributed by atoms with van der Waals surface area (Å²) in [6, 6.07) is 0.287. The molecule has 0 aromatic carbocycles. The molecule has 1 fully saturated rings. The second kappa shape index (κ2) is 3.32. The van der Waals surface area contributed by atoms with Crippen molar-refractivity contribution < 1.29 is 5.11 Å². The van der Waals surface area contributed by atoms with E-state index in [0.29, 0.717) is 0 Å². The molecule has 0 bridgehead atoms. The van der Waals surface area contributed by atoms with Crippen LogP contribution in [0.5, 0.6) is 0 Å². The second-order valence-electron chi connectivity index (χ2n) is 2.95. The molecule has 0 amide bonds. The first-order valence-corrected chi connectivity index (χ1v) is 3.84. The fourth-order valence-electron chi connectivity index (χ4n) is 1.18. The highest BCUT2D eigenvalue weighted by atomic mass is 16.3. The summed E-state index contributed by atoms with van der Waals surface area (Å²) in [5, 5.41) is 12.4. The van der Waals surface area contributed by atoms with Crippen molar-refractivity contribution in [1.82, 2.24) is 10.2 Å².